The highest BCUT2D eigenvalue weighted by atomic mass is 15.2. The molecule has 0 saturated carbocycles. The van der Waals surface area contributed by atoms with Gasteiger partial charge in [-0.1, -0.05) is 0 Å². The van der Waals surface area contributed by atoms with Crippen LogP contribution in [0.25, 0.3) is 10.9 Å². The van der Waals surface area contributed by atoms with Crippen molar-refractivity contribution in [1.82, 2.24) is 4.98 Å². The molecule has 2 aromatic rings. The van der Waals surface area contributed by atoms with Gasteiger partial charge in [0.05, 0.1) is 5.52 Å². The molecule has 1 aliphatic heterocycles. The number of hydrogen-bond acceptors (Lipinski definition) is 3. The molecule has 0 spiro atoms. The van der Waals surface area contributed by atoms with Crippen LogP contribution < -0.4 is 10.6 Å². The molecule has 1 aromatic carbocycles. The number of nitrogens with two attached hydrogens (primary N) is 1. The number of hydrogen-bond donors (Lipinski definition) is 1. The van der Waals surface area contributed by atoms with E-state index in [1.807, 2.05) is 0 Å². The van der Waals surface area contributed by atoms with Crippen molar-refractivity contribution >= 4 is 16.7 Å². The zero-order valence-electron chi connectivity index (χ0n) is 13.9. The molecule has 118 valence electrons. The summed E-state index contributed by atoms with van der Waals surface area (Å²) >= 11 is 0. The van der Waals surface area contributed by atoms with Crippen LogP contribution in [-0.4, -0.2) is 24.6 Å². The third-order valence-electron chi connectivity index (χ3n) is 4.79. The highest BCUT2D eigenvalue weighted by Crippen LogP contribution is 2.28. The van der Waals surface area contributed by atoms with Crippen LogP contribution in [0, 0.1) is 13.8 Å². The number of anilines is 1. The lowest BCUT2D eigenvalue weighted by Crippen LogP contribution is -2.31. The van der Waals surface area contributed by atoms with Gasteiger partial charge < -0.3 is 10.6 Å². The summed E-state index contributed by atoms with van der Waals surface area (Å²) < 4.78 is 0. The van der Waals surface area contributed by atoms with Crippen molar-refractivity contribution in [2.75, 3.05) is 24.5 Å². The molecule has 2 heterocycles. The van der Waals surface area contributed by atoms with Crippen LogP contribution in [0.5, 0.6) is 0 Å². The minimum absolute atomic E-state index is 0.740. The molecular formula is C19H27N3. The number of nitrogens with zero attached hydrogens (tertiary/aromatic N) is 2. The molecular weight excluding hydrogens is 270 g/mol. The van der Waals surface area contributed by atoms with Gasteiger partial charge in [-0.3, -0.25) is 0 Å². The van der Waals surface area contributed by atoms with Gasteiger partial charge in [0.25, 0.3) is 0 Å². The standard InChI is InChI=1S/C19H27N3/c1-14-11-17-13-16(7-6-8-20)19(21-18(17)12-15(14)2)22-9-4-3-5-10-22/h11-13H,3-10,20H2,1-2H3. The van der Waals surface area contributed by atoms with Gasteiger partial charge in [0.2, 0.25) is 0 Å². The third kappa shape index (κ3) is 3.09. The van der Waals surface area contributed by atoms with E-state index in [0.29, 0.717) is 0 Å². The number of piperidine rings is 1. The van der Waals surface area contributed by atoms with Gasteiger partial charge in [0, 0.05) is 18.5 Å². The Morgan fingerprint density at radius 2 is 1.77 bits per heavy atom. The van der Waals surface area contributed by atoms with E-state index in [0.717, 1.165) is 38.0 Å². The third-order valence-corrected chi connectivity index (χ3v) is 4.79. The van der Waals surface area contributed by atoms with E-state index >= 15 is 0 Å². The fourth-order valence-electron chi connectivity index (χ4n) is 3.33. The fraction of sp³-hybridized carbons (Fsp3) is 0.526. The fourth-order valence-corrected chi connectivity index (χ4v) is 3.33. The first-order chi connectivity index (χ1) is 10.7. The summed E-state index contributed by atoms with van der Waals surface area (Å²) in [5, 5.41) is 1.26. The molecule has 3 heteroatoms. The lowest BCUT2D eigenvalue weighted by atomic mass is 10.0. The van der Waals surface area contributed by atoms with E-state index in [4.69, 9.17) is 10.7 Å². The normalized spacial score (nSPS) is 15.5. The first-order valence-electron chi connectivity index (χ1n) is 8.55. The van der Waals surface area contributed by atoms with E-state index in [1.54, 1.807) is 0 Å². The lowest BCUT2D eigenvalue weighted by molar-refractivity contribution is 0.572. The quantitative estimate of drug-likeness (QED) is 0.935. The van der Waals surface area contributed by atoms with Gasteiger partial charge in [-0.2, -0.15) is 0 Å². The van der Waals surface area contributed by atoms with Crippen molar-refractivity contribution in [1.29, 1.82) is 0 Å². The summed E-state index contributed by atoms with van der Waals surface area (Å²) in [5.41, 5.74) is 10.9. The summed E-state index contributed by atoms with van der Waals surface area (Å²) in [6.45, 7) is 7.36. The van der Waals surface area contributed by atoms with E-state index in [-0.39, 0.29) is 0 Å². The first kappa shape index (κ1) is 15.3. The molecule has 1 aliphatic rings. The average Bonchev–Trinajstić information content (AvgIpc) is 2.54. The summed E-state index contributed by atoms with van der Waals surface area (Å²) in [6.07, 6.45) is 5.96. The minimum Gasteiger partial charge on any atom is -0.356 e. The predicted molar refractivity (Wildman–Crippen MR) is 94.7 cm³/mol. The van der Waals surface area contributed by atoms with Gasteiger partial charge >= 0.3 is 0 Å². The average molecular weight is 297 g/mol. The Kier molecular flexibility index (Phi) is 4.63. The zero-order valence-corrected chi connectivity index (χ0v) is 13.9. The molecule has 2 N–H and O–H groups in total. The molecule has 0 amide bonds. The number of pyridine rings is 1. The van der Waals surface area contributed by atoms with Crippen LogP contribution >= 0.6 is 0 Å². The maximum atomic E-state index is 5.73. The van der Waals surface area contributed by atoms with Gasteiger partial charge in [-0.15, -0.1) is 0 Å². The molecule has 1 saturated heterocycles. The SMILES string of the molecule is Cc1cc2cc(CCCN)c(N3CCCCC3)nc2cc1C. The topological polar surface area (TPSA) is 42.1 Å². The van der Waals surface area contributed by atoms with Crippen molar-refractivity contribution < 1.29 is 0 Å². The van der Waals surface area contributed by atoms with Crippen molar-refractivity contribution in [3.63, 3.8) is 0 Å². The Balaban J connectivity index is 2.07. The molecule has 1 fully saturated rings. The molecule has 3 nitrogen and oxygen atoms in total. The van der Waals surface area contributed by atoms with Crippen molar-refractivity contribution in [2.45, 2.75) is 46.0 Å². The Bertz CT molecular complexity index is 657. The zero-order chi connectivity index (χ0) is 15.5. The first-order valence-corrected chi connectivity index (χ1v) is 8.55. The lowest BCUT2D eigenvalue weighted by Gasteiger charge is -2.30. The summed E-state index contributed by atoms with van der Waals surface area (Å²) in [6, 6.07) is 6.84. The monoisotopic (exact) mass is 297 g/mol. The van der Waals surface area contributed by atoms with Gasteiger partial charge in [0.15, 0.2) is 0 Å². The van der Waals surface area contributed by atoms with Crippen LogP contribution in [0.15, 0.2) is 18.2 Å². The number of benzene rings is 1. The molecule has 0 atom stereocenters. The Hall–Kier alpha value is -1.61. The Labute approximate surface area is 133 Å². The molecule has 0 radical (unpaired) electrons. The maximum absolute atomic E-state index is 5.73. The van der Waals surface area contributed by atoms with Gasteiger partial charge in [-0.05, 0) is 87.4 Å². The summed E-state index contributed by atoms with van der Waals surface area (Å²) in [7, 11) is 0. The second kappa shape index (κ2) is 6.66. The molecule has 0 aliphatic carbocycles. The predicted octanol–water partition coefficient (Wildman–Crippen LogP) is 3.73. The van der Waals surface area contributed by atoms with Crippen molar-refractivity contribution in [3.8, 4) is 0 Å². The van der Waals surface area contributed by atoms with Crippen LogP contribution in [0.2, 0.25) is 0 Å². The van der Waals surface area contributed by atoms with E-state index in [9.17, 15) is 0 Å². The van der Waals surface area contributed by atoms with Crippen LogP contribution in [0.1, 0.15) is 42.4 Å². The highest BCUT2D eigenvalue weighted by Gasteiger charge is 2.17. The molecule has 3 rings (SSSR count). The van der Waals surface area contributed by atoms with Crippen molar-refractivity contribution in [2.24, 2.45) is 5.73 Å². The summed E-state index contributed by atoms with van der Waals surface area (Å²) in [5.74, 6) is 1.20. The van der Waals surface area contributed by atoms with E-state index in [1.165, 1.54) is 47.2 Å². The number of aryl methyl sites for hydroxylation is 3. The Morgan fingerprint density at radius 3 is 2.50 bits per heavy atom. The summed E-state index contributed by atoms with van der Waals surface area (Å²) in [4.78, 5) is 7.51. The molecule has 0 bridgehead atoms. The van der Waals surface area contributed by atoms with Crippen LogP contribution in [0.4, 0.5) is 5.82 Å². The minimum atomic E-state index is 0.740. The number of aromatic nitrogens is 1. The molecule has 1 aromatic heterocycles. The maximum Gasteiger partial charge on any atom is 0.132 e. The smallest absolute Gasteiger partial charge is 0.132 e. The second-order valence-corrected chi connectivity index (χ2v) is 6.54. The molecule has 0 unspecified atom stereocenters. The van der Waals surface area contributed by atoms with Gasteiger partial charge in [0.1, 0.15) is 5.82 Å². The van der Waals surface area contributed by atoms with E-state index < -0.39 is 0 Å². The number of rotatable bonds is 4. The van der Waals surface area contributed by atoms with E-state index in [2.05, 4.69) is 36.9 Å². The highest BCUT2D eigenvalue weighted by molar-refractivity contribution is 5.83. The van der Waals surface area contributed by atoms with Crippen LogP contribution in [0.3, 0.4) is 0 Å². The van der Waals surface area contributed by atoms with Crippen LogP contribution in [-0.2, 0) is 6.42 Å². The second-order valence-electron chi connectivity index (χ2n) is 6.54. The number of fused-ring (bicyclic) bond motifs is 1. The Morgan fingerprint density at radius 1 is 1.05 bits per heavy atom. The largest absolute Gasteiger partial charge is 0.356 e. The molecule has 22 heavy (non-hydrogen) atoms. The van der Waals surface area contributed by atoms with Crippen molar-refractivity contribution in [3.05, 3.63) is 34.9 Å². The van der Waals surface area contributed by atoms with Gasteiger partial charge in [-0.25, -0.2) is 4.98 Å².